The van der Waals surface area contributed by atoms with Crippen LogP contribution in [0.4, 0.5) is 5.82 Å². The molecule has 0 saturated carbocycles. The fraction of sp³-hybridized carbons (Fsp3) is 0.455. The van der Waals surface area contributed by atoms with Gasteiger partial charge in [-0.05, 0) is 31.5 Å². The molecule has 0 bridgehead atoms. The van der Waals surface area contributed by atoms with Gasteiger partial charge in [-0.15, -0.1) is 0 Å². The Morgan fingerprint density at radius 3 is 2.30 bits per heavy atom. The van der Waals surface area contributed by atoms with E-state index in [9.17, 15) is 4.79 Å². The van der Waals surface area contributed by atoms with E-state index in [0.29, 0.717) is 0 Å². The van der Waals surface area contributed by atoms with Gasteiger partial charge in [-0.3, -0.25) is 4.79 Å². The molecule has 0 spiro atoms. The molecule has 2 aliphatic heterocycles. The van der Waals surface area contributed by atoms with Crippen LogP contribution < -0.4 is 4.90 Å². The summed E-state index contributed by atoms with van der Waals surface area (Å²) in [6.07, 6.45) is 2.33. The van der Waals surface area contributed by atoms with Gasteiger partial charge in [0.2, 0.25) is 0 Å². The molecule has 0 radical (unpaired) electrons. The van der Waals surface area contributed by atoms with Gasteiger partial charge in [0, 0.05) is 44.8 Å². The van der Waals surface area contributed by atoms with Crippen molar-refractivity contribution in [3.63, 3.8) is 0 Å². The van der Waals surface area contributed by atoms with E-state index in [1.165, 1.54) is 12.8 Å². The average molecular weight is 364 g/mol. The number of carbonyl (C=O) groups excluding carboxylic acids is 1. The van der Waals surface area contributed by atoms with Gasteiger partial charge in [0.15, 0.2) is 0 Å². The molecule has 27 heavy (non-hydrogen) atoms. The number of rotatable bonds is 4. The maximum absolute atomic E-state index is 13.3. The fourth-order valence-electron chi connectivity index (χ4n) is 3.99. The second-order valence-corrected chi connectivity index (χ2v) is 7.35. The smallest absolute Gasteiger partial charge is 0.257 e. The number of nitrogens with zero attached hydrogens (tertiary/aromatic N) is 4. The van der Waals surface area contributed by atoms with Gasteiger partial charge in [-0.25, -0.2) is 4.98 Å². The van der Waals surface area contributed by atoms with Gasteiger partial charge in [0.25, 0.3) is 5.91 Å². The van der Waals surface area contributed by atoms with Crippen molar-refractivity contribution in [2.75, 3.05) is 50.7 Å². The van der Waals surface area contributed by atoms with E-state index in [1.807, 2.05) is 35.2 Å². The fourth-order valence-corrected chi connectivity index (χ4v) is 3.99. The zero-order valence-electron chi connectivity index (χ0n) is 16.1. The van der Waals surface area contributed by atoms with Crippen LogP contribution in [0.25, 0.3) is 11.3 Å². The van der Waals surface area contributed by atoms with E-state index < -0.39 is 0 Å². The Morgan fingerprint density at radius 1 is 0.926 bits per heavy atom. The first-order chi connectivity index (χ1) is 13.3. The van der Waals surface area contributed by atoms with Crippen LogP contribution in [0, 0.1) is 0 Å². The highest BCUT2D eigenvalue weighted by molar-refractivity contribution is 5.99. The van der Waals surface area contributed by atoms with Gasteiger partial charge in [-0.2, -0.15) is 0 Å². The number of carbonyl (C=O) groups is 1. The topological polar surface area (TPSA) is 39.7 Å². The first-order valence-corrected chi connectivity index (χ1v) is 10.1. The van der Waals surface area contributed by atoms with E-state index in [4.69, 9.17) is 4.98 Å². The number of pyridine rings is 1. The van der Waals surface area contributed by atoms with Crippen LogP contribution in [0.5, 0.6) is 0 Å². The number of anilines is 1. The molecule has 0 N–H and O–H groups in total. The number of hydrogen-bond donors (Lipinski definition) is 0. The normalized spacial score (nSPS) is 18.1. The summed E-state index contributed by atoms with van der Waals surface area (Å²) in [4.78, 5) is 24.9. The highest BCUT2D eigenvalue weighted by Gasteiger charge is 2.27. The van der Waals surface area contributed by atoms with Crippen LogP contribution in [0.2, 0.25) is 0 Å². The van der Waals surface area contributed by atoms with Crippen molar-refractivity contribution >= 4 is 11.7 Å². The Kier molecular flexibility index (Phi) is 5.39. The molecule has 0 unspecified atom stereocenters. The lowest BCUT2D eigenvalue weighted by atomic mass is 10.1. The number of benzene rings is 1. The van der Waals surface area contributed by atoms with Crippen LogP contribution in [0.15, 0.2) is 42.5 Å². The highest BCUT2D eigenvalue weighted by atomic mass is 16.2. The monoisotopic (exact) mass is 364 g/mol. The molecule has 1 aromatic heterocycles. The zero-order chi connectivity index (χ0) is 18.6. The van der Waals surface area contributed by atoms with E-state index >= 15 is 0 Å². The number of amides is 1. The molecule has 0 atom stereocenters. The van der Waals surface area contributed by atoms with Gasteiger partial charge in [0.05, 0.1) is 11.3 Å². The zero-order valence-corrected chi connectivity index (χ0v) is 16.1. The van der Waals surface area contributed by atoms with Gasteiger partial charge in [-0.1, -0.05) is 37.3 Å². The van der Waals surface area contributed by atoms with E-state index in [-0.39, 0.29) is 5.91 Å². The SMILES string of the molecule is CCN1CCN(C(=O)c2ccc(-c3ccccc3)nc2N2CCCC2)CC1. The summed E-state index contributed by atoms with van der Waals surface area (Å²) in [5.74, 6) is 0.983. The van der Waals surface area contributed by atoms with Crippen molar-refractivity contribution in [1.82, 2.24) is 14.8 Å². The molecule has 2 aliphatic rings. The number of piperazine rings is 1. The number of hydrogen-bond acceptors (Lipinski definition) is 4. The van der Waals surface area contributed by atoms with Gasteiger partial charge in [0.1, 0.15) is 5.82 Å². The molecule has 2 saturated heterocycles. The van der Waals surface area contributed by atoms with Crippen molar-refractivity contribution in [1.29, 1.82) is 0 Å². The summed E-state index contributed by atoms with van der Waals surface area (Å²) in [6, 6.07) is 14.2. The molecule has 5 nitrogen and oxygen atoms in total. The summed E-state index contributed by atoms with van der Waals surface area (Å²) in [7, 11) is 0. The number of aromatic nitrogens is 1. The highest BCUT2D eigenvalue weighted by Crippen LogP contribution is 2.28. The third-order valence-corrected chi connectivity index (χ3v) is 5.69. The minimum Gasteiger partial charge on any atom is -0.356 e. The van der Waals surface area contributed by atoms with E-state index in [0.717, 1.165) is 68.5 Å². The Hall–Kier alpha value is -2.40. The second kappa shape index (κ2) is 8.09. The lowest BCUT2D eigenvalue weighted by Gasteiger charge is -2.34. The molecule has 2 aromatic rings. The van der Waals surface area contributed by atoms with Gasteiger partial charge >= 0.3 is 0 Å². The molecular weight excluding hydrogens is 336 g/mol. The third-order valence-electron chi connectivity index (χ3n) is 5.69. The first kappa shape index (κ1) is 18.0. The first-order valence-electron chi connectivity index (χ1n) is 10.1. The quantitative estimate of drug-likeness (QED) is 0.836. The summed E-state index contributed by atoms with van der Waals surface area (Å²) < 4.78 is 0. The van der Waals surface area contributed by atoms with Gasteiger partial charge < -0.3 is 14.7 Å². The van der Waals surface area contributed by atoms with Crippen LogP contribution in [-0.4, -0.2) is 66.5 Å². The summed E-state index contributed by atoms with van der Waals surface area (Å²) >= 11 is 0. The molecule has 5 heteroatoms. The summed E-state index contributed by atoms with van der Waals surface area (Å²) in [6.45, 7) is 8.70. The lowest BCUT2D eigenvalue weighted by Crippen LogP contribution is -2.48. The Morgan fingerprint density at radius 2 is 1.63 bits per heavy atom. The van der Waals surface area contributed by atoms with E-state index in [2.05, 4.69) is 28.9 Å². The molecule has 3 heterocycles. The predicted molar refractivity (Wildman–Crippen MR) is 109 cm³/mol. The molecule has 0 aliphatic carbocycles. The molecule has 142 valence electrons. The van der Waals surface area contributed by atoms with Crippen LogP contribution in [-0.2, 0) is 0 Å². The average Bonchev–Trinajstić information content (AvgIpc) is 3.28. The molecule has 1 amide bonds. The van der Waals surface area contributed by atoms with Crippen molar-refractivity contribution in [3.8, 4) is 11.3 Å². The van der Waals surface area contributed by atoms with Crippen LogP contribution >= 0.6 is 0 Å². The third kappa shape index (κ3) is 3.83. The molecular formula is C22H28N4O. The maximum Gasteiger partial charge on any atom is 0.257 e. The van der Waals surface area contributed by atoms with Crippen molar-refractivity contribution in [2.45, 2.75) is 19.8 Å². The summed E-state index contributed by atoms with van der Waals surface area (Å²) in [5, 5.41) is 0. The lowest BCUT2D eigenvalue weighted by molar-refractivity contribution is 0.0643. The summed E-state index contributed by atoms with van der Waals surface area (Å²) in [5.41, 5.74) is 2.78. The number of likely N-dealkylation sites (N-methyl/N-ethyl adjacent to an activating group) is 1. The van der Waals surface area contributed by atoms with Crippen molar-refractivity contribution in [3.05, 3.63) is 48.0 Å². The standard InChI is InChI=1S/C22H28N4O/c1-2-24-14-16-26(17-15-24)22(27)19-10-11-20(18-8-4-3-5-9-18)23-21(19)25-12-6-7-13-25/h3-5,8-11H,2,6-7,12-17H2,1H3. The molecule has 1 aromatic carbocycles. The van der Waals surface area contributed by atoms with E-state index in [1.54, 1.807) is 0 Å². The molecule has 2 fully saturated rings. The predicted octanol–water partition coefficient (Wildman–Crippen LogP) is 3.13. The largest absolute Gasteiger partial charge is 0.356 e. The Labute approximate surface area is 161 Å². The van der Waals surface area contributed by atoms with Crippen LogP contribution in [0.3, 0.4) is 0 Å². The van der Waals surface area contributed by atoms with Crippen molar-refractivity contribution in [2.24, 2.45) is 0 Å². The van der Waals surface area contributed by atoms with Crippen molar-refractivity contribution < 1.29 is 4.79 Å². The Balaban J connectivity index is 1.64. The minimum absolute atomic E-state index is 0.125. The molecule has 4 rings (SSSR count). The van der Waals surface area contributed by atoms with Crippen LogP contribution in [0.1, 0.15) is 30.1 Å². The second-order valence-electron chi connectivity index (χ2n) is 7.35. The Bertz CT molecular complexity index is 778. The maximum atomic E-state index is 13.3. The minimum atomic E-state index is 0.125.